The molecular formula is C21H23ClN2O. The number of rotatable bonds is 5. The molecule has 3 nitrogen and oxygen atoms in total. The van der Waals surface area contributed by atoms with Gasteiger partial charge in [-0.15, -0.1) is 12.4 Å². The number of carbonyl (C=O) groups excluding carboxylic acids is 1. The average molecular weight is 355 g/mol. The highest BCUT2D eigenvalue weighted by molar-refractivity contribution is 5.86. The first-order valence-electron chi connectivity index (χ1n) is 8.20. The van der Waals surface area contributed by atoms with E-state index in [0.29, 0.717) is 13.0 Å². The Kier molecular flexibility index (Phi) is 6.57. The SMILES string of the molecule is CC(N)c1ccc(CNC(=O)Cc2ccc3ccccc3c2)cc1.Cl. The average Bonchev–Trinajstić information content (AvgIpc) is 2.60. The molecule has 130 valence electrons. The summed E-state index contributed by atoms with van der Waals surface area (Å²) < 4.78 is 0. The molecule has 0 heterocycles. The molecule has 1 amide bonds. The second-order valence-electron chi connectivity index (χ2n) is 6.17. The van der Waals surface area contributed by atoms with Crippen LogP contribution in [0.4, 0.5) is 0 Å². The molecule has 3 aromatic rings. The highest BCUT2D eigenvalue weighted by atomic mass is 35.5. The van der Waals surface area contributed by atoms with Gasteiger partial charge in [0.25, 0.3) is 0 Å². The Balaban J connectivity index is 0.00000225. The molecule has 0 aromatic heterocycles. The number of amides is 1. The van der Waals surface area contributed by atoms with Gasteiger partial charge in [0.2, 0.25) is 5.91 Å². The van der Waals surface area contributed by atoms with Crippen LogP contribution in [-0.4, -0.2) is 5.91 Å². The van der Waals surface area contributed by atoms with Crippen molar-refractivity contribution in [2.45, 2.75) is 25.9 Å². The maximum atomic E-state index is 12.2. The number of carbonyl (C=O) groups is 1. The third kappa shape index (κ3) is 5.05. The van der Waals surface area contributed by atoms with Crippen molar-refractivity contribution >= 4 is 29.1 Å². The summed E-state index contributed by atoms with van der Waals surface area (Å²) in [5.74, 6) is 0.0292. The maximum Gasteiger partial charge on any atom is 0.224 e. The minimum atomic E-state index is 0. The molecule has 0 saturated carbocycles. The summed E-state index contributed by atoms with van der Waals surface area (Å²) in [6.07, 6.45) is 0.392. The largest absolute Gasteiger partial charge is 0.352 e. The van der Waals surface area contributed by atoms with E-state index in [4.69, 9.17) is 5.73 Å². The fourth-order valence-corrected chi connectivity index (χ4v) is 2.74. The molecule has 3 aromatic carbocycles. The summed E-state index contributed by atoms with van der Waals surface area (Å²) in [4.78, 5) is 12.2. The highest BCUT2D eigenvalue weighted by Gasteiger charge is 2.05. The van der Waals surface area contributed by atoms with Gasteiger partial charge in [0.15, 0.2) is 0 Å². The number of nitrogens with one attached hydrogen (secondary N) is 1. The zero-order valence-corrected chi connectivity index (χ0v) is 15.1. The number of nitrogens with two attached hydrogens (primary N) is 1. The number of hydrogen-bond acceptors (Lipinski definition) is 2. The Hall–Kier alpha value is -2.36. The van der Waals surface area contributed by atoms with E-state index in [9.17, 15) is 4.79 Å². The zero-order chi connectivity index (χ0) is 16.9. The van der Waals surface area contributed by atoms with Crippen molar-refractivity contribution in [3.05, 3.63) is 83.4 Å². The highest BCUT2D eigenvalue weighted by Crippen LogP contribution is 2.16. The number of fused-ring (bicyclic) bond motifs is 1. The van der Waals surface area contributed by atoms with Crippen molar-refractivity contribution in [3.8, 4) is 0 Å². The van der Waals surface area contributed by atoms with E-state index in [-0.39, 0.29) is 24.4 Å². The van der Waals surface area contributed by atoms with Crippen molar-refractivity contribution in [2.24, 2.45) is 5.73 Å². The van der Waals surface area contributed by atoms with Crippen LogP contribution in [-0.2, 0) is 17.8 Å². The molecule has 0 fully saturated rings. The molecule has 0 radical (unpaired) electrons. The van der Waals surface area contributed by atoms with Gasteiger partial charge in [0.05, 0.1) is 6.42 Å². The van der Waals surface area contributed by atoms with Gasteiger partial charge >= 0.3 is 0 Å². The van der Waals surface area contributed by atoms with E-state index in [0.717, 1.165) is 22.1 Å². The normalized spacial score (nSPS) is 11.6. The first-order chi connectivity index (χ1) is 11.6. The smallest absolute Gasteiger partial charge is 0.224 e. The fraction of sp³-hybridized carbons (Fsp3) is 0.190. The van der Waals surface area contributed by atoms with Gasteiger partial charge in [-0.1, -0.05) is 66.7 Å². The van der Waals surface area contributed by atoms with Crippen LogP contribution in [0.15, 0.2) is 66.7 Å². The quantitative estimate of drug-likeness (QED) is 0.723. The maximum absolute atomic E-state index is 12.2. The van der Waals surface area contributed by atoms with Crippen molar-refractivity contribution in [3.63, 3.8) is 0 Å². The van der Waals surface area contributed by atoms with Crippen LogP contribution in [0.2, 0.25) is 0 Å². The van der Waals surface area contributed by atoms with Crippen LogP contribution < -0.4 is 11.1 Å². The fourth-order valence-electron chi connectivity index (χ4n) is 2.74. The summed E-state index contributed by atoms with van der Waals surface area (Å²) in [7, 11) is 0. The van der Waals surface area contributed by atoms with Gasteiger partial charge in [-0.2, -0.15) is 0 Å². The lowest BCUT2D eigenvalue weighted by Gasteiger charge is -2.09. The van der Waals surface area contributed by atoms with E-state index in [1.165, 1.54) is 5.39 Å². The molecule has 4 heteroatoms. The third-order valence-corrected chi connectivity index (χ3v) is 4.17. The summed E-state index contributed by atoms with van der Waals surface area (Å²) in [5.41, 5.74) is 9.04. The van der Waals surface area contributed by atoms with E-state index in [1.54, 1.807) is 0 Å². The minimum absolute atomic E-state index is 0. The van der Waals surface area contributed by atoms with E-state index >= 15 is 0 Å². The van der Waals surface area contributed by atoms with E-state index < -0.39 is 0 Å². The molecule has 0 saturated heterocycles. The van der Waals surface area contributed by atoms with Gasteiger partial charge in [-0.05, 0) is 34.4 Å². The van der Waals surface area contributed by atoms with Crippen LogP contribution in [0, 0.1) is 0 Å². The minimum Gasteiger partial charge on any atom is -0.352 e. The van der Waals surface area contributed by atoms with Crippen LogP contribution in [0.5, 0.6) is 0 Å². The van der Waals surface area contributed by atoms with Crippen LogP contribution in [0.3, 0.4) is 0 Å². The topological polar surface area (TPSA) is 55.1 Å². The molecule has 1 unspecified atom stereocenters. The van der Waals surface area contributed by atoms with Crippen molar-refractivity contribution in [1.82, 2.24) is 5.32 Å². The van der Waals surface area contributed by atoms with Gasteiger partial charge in [-0.25, -0.2) is 0 Å². The molecular weight excluding hydrogens is 332 g/mol. The zero-order valence-electron chi connectivity index (χ0n) is 14.2. The summed E-state index contributed by atoms with van der Waals surface area (Å²) >= 11 is 0. The second kappa shape index (κ2) is 8.65. The Morgan fingerprint density at radius 2 is 1.60 bits per heavy atom. The molecule has 0 spiro atoms. The predicted octanol–water partition coefficient (Wildman–Crippen LogP) is 4.14. The molecule has 1 atom stereocenters. The van der Waals surface area contributed by atoms with Gasteiger partial charge in [-0.3, -0.25) is 4.79 Å². The van der Waals surface area contributed by atoms with Crippen LogP contribution in [0.25, 0.3) is 10.8 Å². The van der Waals surface area contributed by atoms with Crippen LogP contribution in [0.1, 0.15) is 29.7 Å². The lowest BCUT2D eigenvalue weighted by atomic mass is 10.0. The van der Waals surface area contributed by atoms with E-state index in [2.05, 4.69) is 29.6 Å². The molecule has 3 N–H and O–H groups in total. The monoisotopic (exact) mass is 354 g/mol. The first kappa shape index (κ1) is 19.0. The number of halogens is 1. The molecule has 3 rings (SSSR count). The van der Waals surface area contributed by atoms with Gasteiger partial charge < -0.3 is 11.1 Å². The van der Waals surface area contributed by atoms with Gasteiger partial charge in [0.1, 0.15) is 0 Å². The van der Waals surface area contributed by atoms with Gasteiger partial charge in [0, 0.05) is 12.6 Å². The lowest BCUT2D eigenvalue weighted by molar-refractivity contribution is -0.120. The van der Waals surface area contributed by atoms with Crippen LogP contribution >= 0.6 is 12.4 Å². The summed E-state index contributed by atoms with van der Waals surface area (Å²) in [6, 6.07) is 22.4. The number of benzene rings is 3. The lowest BCUT2D eigenvalue weighted by Crippen LogP contribution is -2.24. The summed E-state index contributed by atoms with van der Waals surface area (Å²) in [5, 5.41) is 5.33. The second-order valence-corrected chi connectivity index (χ2v) is 6.17. The third-order valence-electron chi connectivity index (χ3n) is 4.17. The Bertz CT molecular complexity index is 844. The Morgan fingerprint density at radius 1 is 0.960 bits per heavy atom. The molecule has 25 heavy (non-hydrogen) atoms. The van der Waals surface area contributed by atoms with E-state index in [1.807, 2.05) is 49.4 Å². The van der Waals surface area contributed by atoms with Crippen molar-refractivity contribution in [2.75, 3.05) is 0 Å². The Labute approximate surface area is 154 Å². The van der Waals surface area contributed by atoms with Crippen molar-refractivity contribution in [1.29, 1.82) is 0 Å². The molecule has 0 aliphatic carbocycles. The number of hydrogen-bond donors (Lipinski definition) is 2. The standard InChI is InChI=1S/C21H22N2O.ClH/c1-15(22)18-9-6-16(7-10-18)14-23-21(24)13-17-8-11-19-4-2-3-5-20(19)12-17;/h2-12,15H,13-14,22H2,1H3,(H,23,24);1H. The summed E-state index contributed by atoms with van der Waals surface area (Å²) in [6.45, 7) is 2.49. The Morgan fingerprint density at radius 3 is 2.28 bits per heavy atom. The predicted molar refractivity (Wildman–Crippen MR) is 106 cm³/mol. The molecule has 0 bridgehead atoms. The molecule has 0 aliphatic rings. The first-order valence-corrected chi connectivity index (χ1v) is 8.20. The van der Waals surface area contributed by atoms with Crippen molar-refractivity contribution < 1.29 is 4.79 Å². The molecule has 0 aliphatic heterocycles.